The van der Waals surface area contributed by atoms with Gasteiger partial charge in [-0.25, -0.2) is 4.68 Å². The van der Waals surface area contributed by atoms with Crippen LogP contribution >= 0.6 is 11.6 Å². The highest BCUT2D eigenvalue weighted by molar-refractivity contribution is 6.34. The van der Waals surface area contributed by atoms with Crippen LogP contribution in [0.3, 0.4) is 0 Å². The maximum atomic E-state index is 12.4. The van der Waals surface area contributed by atoms with Crippen molar-refractivity contribution in [3.63, 3.8) is 0 Å². The van der Waals surface area contributed by atoms with Gasteiger partial charge in [-0.3, -0.25) is 4.79 Å². The number of carbonyl (C=O) groups excluding carboxylic acids is 1. The van der Waals surface area contributed by atoms with Crippen molar-refractivity contribution in [1.82, 2.24) is 15.0 Å². The molecule has 0 fully saturated rings. The van der Waals surface area contributed by atoms with Gasteiger partial charge in [-0.15, -0.1) is 5.10 Å². The fourth-order valence-electron chi connectivity index (χ4n) is 2.38. The zero-order valence-corrected chi connectivity index (χ0v) is 13.9. The Bertz CT molecular complexity index is 885. The van der Waals surface area contributed by atoms with E-state index in [-0.39, 0.29) is 11.9 Å². The molecule has 5 nitrogen and oxygen atoms in total. The number of carbonyl (C=O) groups is 1. The number of aromatic nitrogens is 3. The molecule has 0 aliphatic heterocycles. The van der Waals surface area contributed by atoms with Crippen molar-refractivity contribution in [3.05, 3.63) is 52.5 Å². The molecule has 1 aromatic heterocycles. The van der Waals surface area contributed by atoms with E-state index in [2.05, 4.69) is 15.6 Å². The molecule has 3 rings (SSSR count). The molecule has 0 saturated carbocycles. The van der Waals surface area contributed by atoms with E-state index in [1.807, 2.05) is 43.7 Å². The van der Waals surface area contributed by atoms with Gasteiger partial charge in [0.1, 0.15) is 5.52 Å². The van der Waals surface area contributed by atoms with Crippen LogP contribution in [0.5, 0.6) is 0 Å². The van der Waals surface area contributed by atoms with Crippen LogP contribution in [-0.4, -0.2) is 20.9 Å². The molecule has 0 unspecified atom stereocenters. The van der Waals surface area contributed by atoms with Gasteiger partial charge in [-0.05, 0) is 56.7 Å². The molecule has 0 bridgehead atoms. The average Bonchev–Trinajstić information content (AvgIpc) is 2.93. The number of hydrogen-bond acceptors (Lipinski definition) is 3. The van der Waals surface area contributed by atoms with Crippen molar-refractivity contribution in [3.8, 4) is 0 Å². The lowest BCUT2D eigenvalue weighted by Crippen LogP contribution is -2.12. The minimum Gasteiger partial charge on any atom is -0.321 e. The molecule has 1 heterocycles. The topological polar surface area (TPSA) is 59.8 Å². The summed E-state index contributed by atoms with van der Waals surface area (Å²) >= 11 is 6.15. The third-order valence-corrected chi connectivity index (χ3v) is 3.91. The third kappa shape index (κ3) is 3.05. The molecule has 0 atom stereocenters. The molecule has 118 valence electrons. The summed E-state index contributed by atoms with van der Waals surface area (Å²) in [4.78, 5) is 12.4. The van der Waals surface area contributed by atoms with Crippen LogP contribution in [0.2, 0.25) is 5.02 Å². The Morgan fingerprint density at radius 1 is 1.22 bits per heavy atom. The number of anilines is 1. The third-order valence-electron chi connectivity index (χ3n) is 3.60. The Morgan fingerprint density at radius 3 is 2.70 bits per heavy atom. The van der Waals surface area contributed by atoms with Crippen molar-refractivity contribution in [1.29, 1.82) is 0 Å². The quantitative estimate of drug-likeness (QED) is 0.782. The van der Waals surface area contributed by atoms with E-state index in [0.717, 1.165) is 11.1 Å². The molecule has 3 aromatic rings. The van der Waals surface area contributed by atoms with Crippen LogP contribution in [0.25, 0.3) is 11.0 Å². The summed E-state index contributed by atoms with van der Waals surface area (Å²) in [6, 6.07) is 11.1. The summed E-state index contributed by atoms with van der Waals surface area (Å²) in [6.45, 7) is 6.02. The smallest absolute Gasteiger partial charge is 0.255 e. The van der Waals surface area contributed by atoms with Crippen LogP contribution in [-0.2, 0) is 0 Å². The average molecular weight is 329 g/mol. The van der Waals surface area contributed by atoms with Crippen molar-refractivity contribution < 1.29 is 4.79 Å². The molecule has 6 heteroatoms. The van der Waals surface area contributed by atoms with Crippen molar-refractivity contribution in [2.45, 2.75) is 26.8 Å². The Hall–Kier alpha value is -2.40. The zero-order valence-electron chi connectivity index (χ0n) is 13.2. The number of benzene rings is 2. The highest BCUT2D eigenvalue weighted by Gasteiger charge is 2.13. The summed E-state index contributed by atoms with van der Waals surface area (Å²) in [6.07, 6.45) is 0. The molecule has 0 radical (unpaired) electrons. The maximum Gasteiger partial charge on any atom is 0.255 e. The van der Waals surface area contributed by atoms with E-state index in [0.29, 0.717) is 21.8 Å². The first-order chi connectivity index (χ1) is 11.0. The Labute approximate surface area is 139 Å². The van der Waals surface area contributed by atoms with Crippen LogP contribution in [0.1, 0.15) is 35.8 Å². The summed E-state index contributed by atoms with van der Waals surface area (Å²) in [5.74, 6) is -0.225. The number of nitrogens with zero attached hydrogens (tertiary/aromatic N) is 3. The number of hydrogen-bond donors (Lipinski definition) is 1. The normalized spacial score (nSPS) is 11.2. The molecule has 0 spiro atoms. The van der Waals surface area contributed by atoms with E-state index in [4.69, 9.17) is 11.6 Å². The lowest BCUT2D eigenvalue weighted by molar-refractivity contribution is 0.102. The van der Waals surface area contributed by atoms with Gasteiger partial charge in [-0.2, -0.15) is 0 Å². The Kier molecular flexibility index (Phi) is 4.05. The van der Waals surface area contributed by atoms with Gasteiger partial charge >= 0.3 is 0 Å². The molecule has 0 saturated heterocycles. The number of aryl methyl sites for hydroxylation is 1. The number of nitrogens with one attached hydrogen (secondary N) is 1. The van der Waals surface area contributed by atoms with E-state index in [9.17, 15) is 4.79 Å². The monoisotopic (exact) mass is 328 g/mol. The van der Waals surface area contributed by atoms with E-state index in [1.165, 1.54) is 0 Å². The lowest BCUT2D eigenvalue weighted by atomic mass is 10.1. The molecule has 1 amide bonds. The van der Waals surface area contributed by atoms with Gasteiger partial charge < -0.3 is 5.32 Å². The summed E-state index contributed by atoms with van der Waals surface area (Å²) in [7, 11) is 0. The highest BCUT2D eigenvalue weighted by atomic mass is 35.5. The number of fused-ring (bicyclic) bond motifs is 1. The summed E-state index contributed by atoms with van der Waals surface area (Å²) in [5, 5.41) is 11.6. The van der Waals surface area contributed by atoms with Crippen molar-refractivity contribution >= 4 is 34.2 Å². The van der Waals surface area contributed by atoms with E-state index < -0.39 is 0 Å². The van der Waals surface area contributed by atoms with Gasteiger partial charge in [0.15, 0.2) is 0 Å². The lowest BCUT2D eigenvalue weighted by Gasteiger charge is -2.08. The number of halogens is 1. The summed E-state index contributed by atoms with van der Waals surface area (Å²) in [5.41, 5.74) is 3.75. The fourth-order valence-corrected chi connectivity index (χ4v) is 2.66. The standard InChI is InChI=1S/C17H17ClN4O/c1-10(2)22-16-7-5-12(9-15(16)20-21-22)17(23)19-14-6-4-11(3)8-13(14)18/h4-10H,1-3H3,(H,19,23). The first kappa shape index (κ1) is 15.5. The Balaban J connectivity index is 1.89. The van der Waals surface area contributed by atoms with E-state index in [1.54, 1.807) is 18.2 Å². The maximum absolute atomic E-state index is 12.4. The molecule has 0 aliphatic carbocycles. The molecular weight excluding hydrogens is 312 g/mol. The van der Waals surface area contributed by atoms with Gasteiger partial charge in [0, 0.05) is 11.6 Å². The number of rotatable bonds is 3. The van der Waals surface area contributed by atoms with Crippen molar-refractivity contribution in [2.75, 3.05) is 5.32 Å². The zero-order chi connectivity index (χ0) is 16.6. The Morgan fingerprint density at radius 2 is 2.00 bits per heavy atom. The second-order valence-corrected chi connectivity index (χ2v) is 6.18. The second kappa shape index (κ2) is 6.01. The molecule has 0 aliphatic rings. The second-order valence-electron chi connectivity index (χ2n) is 5.77. The number of amides is 1. The van der Waals surface area contributed by atoms with Crippen LogP contribution in [0.15, 0.2) is 36.4 Å². The van der Waals surface area contributed by atoms with Crippen LogP contribution in [0.4, 0.5) is 5.69 Å². The van der Waals surface area contributed by atoms with Crippen LogP contribution < -0.4 is 5.32 Å². The molecule has 23 heavy (non-hydrogen) atoms. The van der Waals surface area contributed by atoms with Gasteiger partial charge in [-0.1, -0.05) is 22.9 Å². The van der Waals surface area contributed by atoms with Crippen molar-refractivity contribution in [2.24, 2.45) is 0 Å². The minimum absolute atomic E-state index is 0.214. The van der Waals surface area contributed by atoms with Crippen LogP contribution in [0, 0.1) is 6.92 Å². The predicted octanol–water partition coefficient (Wildman–Crippen LogP) is 4.23. The minimum atomic E-state index is -0.225. The first-order valence-corrected chi connectivity index (χ1v) is 7.76. The van der Waals surface area contributed by atoms with E-state index >= 15 is 0 Å². The molecular formula is C17H17ClN4O. The SMILES string of the molecule is Cc1ccc(NC(=O)c2ccc3c(c2)nnn3C(C)C)c(Cl)c1. The predicted molar refractivity (Wildman–Crippen MR) is 92.1 cm³/mol. The largest absolute Gasteiger partial charge is 0.321 e. The highest BCUT2D eigenvalue weighted by Crippen LogP contribution is 2.24. The summed E-state index contributed by atoms with van der Waals surface area (Å²) < 4.78 is 1.83. The molecule has 1 N–H and O–H groups in total. The molecule has 2 aromatic carbocycles. The van der Waals surface area contributed by atoms with Gasteiger partial charge in [0.05, 0.1) is 16.2 Å². The first-order valence-electron chi connectivity index (χ1n) is 7.38. The fraction of sp³-hybridized carbons (Fsp3) is 0.235. The van der Waals surface area contributed by atoms with Gasteiger partial charge in [0.25, 0.3) is 5.91 Å². The van der Waals surface area contributed by atoms with Gasteiger partial charge in [0.2, 0.25) is 0 Å².